The van der Waals surface area contributed by atoms with Crippen molar-refractivity contribution in [3.63, 3.8) is 0 Å². The SMILES string of the molecule is O=[N+]([O-])c1cccc([C@@H](CC2CC2)N2CCNCC2)c1. The van der Waals surface area contributed by atoms with Crippen molar-refractivity contribution < 1.29 is 4.92 Å². The van der Waals surface area contributed by atoms with Crippen molar-refractivity contribution in [3.8, 4) is 0 Å². The largest absolute Gasteiger partial charge is 0.314 e. The summed E-state index contributed by atoms with van der Waals surface area (Å²) in [4.78, 5) is 13.2. The van der Waals surface area contributed by atoms with Gasteiger partial charge in [0.25, 0.3) is 5.69 Å². The summed E-state index contributed by atoms with van der Waals surface area (Å²) in [5.74, 6) is 0.814. The average Bonchev–Trinajstić information content (AvgIpc) is 3.30. The van der Waals surface area contributed by atoms with E-state index in [0.717, 1.165) is 44.1 Å². The van der Waals surface area contributed by atoms with Crippen molar-refractivity contribution in [2.45, 2.75) is 25.3 Å². The van der Waals surface area contributed by atoms with Gasteiger partial charge in [-0.3, -0.25) is 15.0 Å². The summed E-state index contributed by atoms with van der Waals surface area (Å²) >= 11 is 0. The molecule has 2 fully saturated rings. The van der Waals surface area contributed by atoms with Gasteiger partial charge in [0.15, 0.2) is 0 Å². The summed E-state index contributed by atoms with van der Waals surface area (Å²) in [5.41, 5.74) is 1.31. The highest BCUT2D eigenvalue weighted by Crippen LogP contribution is 2.40. The number of rotatable bonds is 5. The first-order chi connectivity index (χ1) is 9.74. The lowest BCUT2D eigenvalue weighted by molar-refractivity contribution is -0.385. The molecule has 1 aromatic carbocycles. The second kappa shape index (κ2) is 5.89. The molecule has 1 atom stereocenters. The predicted molar refractivity (Wildman–Crippen MR) is 77.6 cm³/mol. The first-order valence-electron chi connectivity index (χ1n) is 7.43. The van der Waals surface area contributed by atoms with Gasteiger partial charge >= 0.3 is 0 Å². The minimum Gasteiger partial charge on any atom is -0.314 e. The van der Waals surface area contributed by atoms with Crippen molar-refractivity contribution in [2.24, 2.45) is 5.92 Å². The lowest BCUT2D eigenvalue weighted by Crippen LogP contribution is -2.45. The van der Waals surface area contributed by atoms with E-state index >= 15 is 0 Å². The zero-order valence-corrected chi connectivity index (χ0v) is 11.6. The molecule has 1 saturated carbocycles. The van der Waals surface area contributed by atoms with E-state index in [9.17, 15) is 10.1 Å². The van der Waals surface area contributed by atoms with Crippen LogP contribution < -0.4 is 5.32 Å². The highest BCUT2D eigenvalue weighted by Gasteiger charge is 2.30. The fraction of sp³-hybridized carbons (Fsp3) is 0.600. The Hall–Kier alpha value is -1.46. The van der Waals surface area contributed by atoms with Crippen molar-refractivity contribution in [1.29, 1.82) is 0 Å². The van der Waals surface area contributed by atoms with E-state index in [2.05, 4.69) is 10.2 Å². The highest BCUT2D eigenvalue weighted by molar-refractivity contribution is 5.36. The second-order valence-electron chi connectivity index (χ2n) is 5.83. The lowest BCUT2D eigenvalue weighted by atomic mass is 9.98. The van der Waals surface area contributed by atoms with Gasteiger partial charge in [-0.2, -0.15) is 0 Å². The zero-order chi connectivity index (χ0) is 13.9. The van der Waals surface area contributed by atoms with E-state index in [1.54, 1.807) is 12.1 Å². The van der Waals surface area contributed by atoms with Crippen molar-refractivity contribution in [2.75, 3.05) is 26.2 Å². The summed E-state index contributed by atoms with van der Waals surface area (Å²) < 4.78 is 0. The third-order valence-corrected chi connectivity index (χ3v) is 4.31. The molecule has 0 amide bonds. The van der Waals surface area contributed by atoms with Crippen LogP contribution in [0.25, 0.3) is 0 Å². The predicted octanol–water partition coefficient (Wildman–Crippen LogP) is 2.34. The molecule has 5 heteroatoms. The third kappa shape index (κ3) is 3.16. The number of nitro groups is 1. The van der Waals surface area contributed by atoms with Crippen molar-refractivity contribution in [3.05, 3.63) is 39.9 Å². The molecule has 0 unspecified atom stereocenters. The fourth-order valence-electron chi connectivity index (χ4n) is 3.00. The Morgan fingerprint density at radius 1 is 1.35 bits per heavy atom. The number of hydrogen-bond donors (Lipinski definition) is 1. The Bertz CT molecular complexity index is 482. The quantitative estimate of drug-likeness (QED) is 0.662. The second-order valence-corrected chi connectivity index (χ2v) is 5.83. The molecule has 5 nitrogen and oxygen atoms in total. The Morgan fingerprint density at radius 2 is 2.10 bits per heavy atom. The molecule has 0 bridgehead atoms. The van der Waals surface area contributed by atoms with E-state index in [1.807, 2.05) is 12.1 Å². The van der Waals surface area contributed by atoms with Crippen LogP contribution in [0.15, 0.2) is 24.3 Å². The van der Waals surface area contributed by atoms with Crippen molar-refractivity contribution in [1.82, 2.24) is 10.2 Å². The van der Waals surface area contributed by atoms with Crippen LogP contribution in [0.2, 0.25) is 0 Å². The Labute approximate surface area is 119 Å². The summed E-state index contributed by atoms with van der Waals surface area (Å²) in [5, 5.41) is 14.3. The summed E-state index contributed by atoms with van der Waals surface area (Å²) in [6.45, 7) is 4.08. The molecule has 108 valence electrons. The number of hydrogen-bond acceptors (Lipinski definition) is 4. The maximum Gasteiger partial charge on any atom is 0.269 e. The highest BCUT2D eigenvalue weighted by atomic mass is 16.6. The van der Waals surface area contributed by atoms with Crippen LogP contribution in [-0.4, -0.2) is 36.0 Å². The van der Waals surface area contributed by atoms with Crippen LogP contribution in [0.3, 0.4) is 0 Å². The molecule has 1 saturated heterocycles. The van der Waals surface area contributed by atoms with Crippen molar-refractivity contribution >= 4 is 5.69 Å². The number of non-ortho nitro benzene ring substituents is 1. The molecule has 3 rings (SSSR count). The molecular formula is C15H21N3O2. The molecule has 1 aromatic rings. The van der Waals surface area contributed by atoms with E-state index < -0.39 is 0 Å². The van der Waals surface area contributed by atoms with Gasteiger partial charge in [0.1, 0.15) is 0 Å². The first-order valence-corrected chi connectivity index (χ1v) is 7.43. The topological polar surface area (TPSA) is 58.4 Å². The van der Waals surface area contributed by atoms with Crippen LogP contribution in [0.4, 0.5) is 5.69 Å². The molecule has 1 aliphatic heterocycles. The van der Waals surface area contributed by atoms with Gasteiger partial charge in [-0.15, -0.1) is 0 Å². The fourth-order valence-corrected chi connectivity index (χ4v) is 3.00. The molecule has 1 aliphatic carbocycles. The van der Waals surface area contributed by atoms with E-state index in [1.165, 1.54) is 12.8 Å². The lowest BCUT2D eigenvalue weighted by Gasteiger charge is -2.35. The number of benzene rings is 1. The maximum atomic E-state index is 11.0. The van der Waals surface area contributed by atoms with Gasteiger partial charge in [-0.1, -0.05) is 25.0 Å². The first kappa shape index (κ1) is 13.5. The van der Waals surface area contributed by atoms with E-state index in [4.69, 9.17) is 0 Å². The Balaban J connectivity index is 1.83. The molecule has 20 heavy (non-hydrogen) atoms. The molecule has 1 heterocycles. The van der Waals surface area contributed by atoms with Crippen LogP contribution in [0.5, 0.6) is 0 Å². The zero-order valence-electron chi connectivity index (χ0n) is 11.6. The minimum atomic E-state index is -0.296. The number of nitrogens with one attached hydrogen (secondary N) is 1. The van der Waals surface area contributed by atoms with E-state index in [-0.39, 0.29) is 10.6 Å². The molecule has 0 aromatic heterocycles. The number of nitrogens with zero attached hydrogens (tertiary/aromatic N) is 2. The van der Waals surface area contributed by atoms with Gasteiger partial charge in [0.2, 0.25) is 0 Å². The van der Waals surface area contributed by atoms with Gasteiger partial charge in [0.05, 0.1) is 4.92 Å². The van der Waals surface area contributed by atoms with Crippen LogP contribution in [-0.2, 0) is 0 Å². The van der Waals surface area contributed by atoms with Crippen LogP contribution >= 0.6 is 0 Å². The van der Waals surface area contributed by atoms with Gasteiger partial charge in [0, 0.05) is 44.4 Å². The van der Waals surface area contributed by atoms with Crippen LogP contribution in [0.1, 0.15) is 30.9 Å². The summed E-state index contributed by atoms with van der Waals surface area (Å²) in [6.07, 6.45) is 3.77. The minimum absolute atomic E-state index is 0.207. The van der Waals surface area contributed by atoms with Crippen LogP contribution in [0, 0.1) is 16.0 Å². The maximum absolute atomic E-state index is 11.0. The monoisotopic (exact) mass is 275 g/mol. The summed E-state index contributed by atoms with van der Waals surface area (Å²) in [7, 11) is 0. The van der Waals surface area contributed by atoms with Gasteiger partial charge < -0.3 is 5.32 Å². The standard InChI is InChI=1S/C15H21N3O2/c19-18(20)14-3-1-2-13(11-14)15(10-12-4-5-12)17-8-6-16-7-9-17/h1-3,11-12,15-16H,4-10H2/t15-/m1/s1. The molecule has 2 aliphatic rings. The summed E-state index contributed by atoms with van der Waals surface area (Å²) in [6, 6.07) is 7.53. The number of piperazine rings is 1. The Kier molecular flexibility index (Phi) is 3.98. The normalized spacial score (nSPS) is 21.6. The number of nitro benzene ring substituents is 1. The molecule has 0 radical (unpaired) electrons. The Morgan fingerprint density at radius 3 is 2.75 bits per heavy atom. The third-order valence-electron chi connectivity index (χ3n) is 4.31. The van der Waals surface area contributed by atoms with E-state index in [0.29, 0.717) is 6.04 Å². The average molecular weight is 275 g/mol. The van der Waals surface area contributed by atoms with Gasteiger partial charge in [-0.05, 0) is 17.9 Å². The smallest absolute Gasteiger partial charge is 0.269 e. The molecular weight excluding hydrogens is 254 g/mol. The molecule has 0 spiro atoms. The molecule has 1 N–H and O–H groups in total. The van der Waals surface area contributed by atoms with Gasteiger partial charge in [-0.25, -0.2) is 0 Å².